The molecule has 0 heterocycles. The zero-order valence-corrected chi connectivity index (χ0v) is 29.6. The van der Waals surface area contributed by atoms with E-state index in [1.54, 1.807) is 0 Å². The zero-order chi connectivity index (χ0) is 28.9. The summed E-state index contributed by atoms with van der Waals surface area (Å²) in [7, 11) is 4.16. The third kappa shape index (κ3) is 29.8. The third-order valence-electron chi connectivity index (χ3n) is 8.48. The van der Waals surface area contributed by atoms with Gasteiger partial charge in [-0.2, -0.15) is 0 Å². The number of unbranched alkanes of at least 4 members (excludes halogenated alkanes) is 22. The maximum Gasteiger partial charge on any atom is 0.187 e. The fraction of sp³-hybridized carbons (Fsp3) is 1.00. The average molecular weight is 637 g/mol. The van der Waals surface area contributed by atoms with Crippen molar-refractivity contribution in [1.82, 2.24) is 0 Å². The zero-order valence-electron chi connectivity index (χ0n) is 28.0. The summed E-state index contributed by atoms with van der Waals surface area (Å²) in [5.41, 5.74) is 0. The number of halogens is 1. The summed E-state index contributed by atoms with van der Waals surface area (Å²) in [6.45, 7) is 9.52. The Morgan fingerprint density at radius 3 is 1.20 bits per heavy atom. The summed E-state index contributed by atoms with van der Waals surface area (Å²) in [5.74, 6) is 0. The van der Waals surface area contributed by atoms with Gasteiger partial charge >= 0.3 is 0 Å². The molecule has 1 N–H and O–H groups in total. The molecule has 0 aromatic carbocycles. The Kier molecular flexibility index (Phi) is 34.2. The van der Waals surface area contributed by atoms with Crippen LogP contribution < -0.4 is 17.0 Å². The Labute approximate surface area is 263 Å². The maximum atomic E-state index is 10.2. The van der Waals surface area contributed by atoms with Crippen LogP contribution in [-0.2, 0) is 9.47 Å². The summed E-state index contributed by atoms with van der Waals surface area (Å²) in [6.07, 6.45) is 32.4. The minimum Gasteiger partial charge on any atom is -1.00 e. The lowest BCUT2D eigenvalue weighted by molar-refractivity contribution is -0.937. The molecule has 40 heavy (non-hydrogen) atoms. The van der Waals surface area contributed by atoms with E-state index >= 15 is 0 Å². The minimum absolute atomic E-state index is 0. The number of aliphatic hydroxyl groups is 1. The molecule has 0 amide bonds. The van der Waals surface area contributed by atoms with Crippen molar-refractivity contribution in [1.29, 1.82) is 0 Å². The first-order valence-corrected chi connectivity index (χ1v) is 17.6. The van der Waals surface area contributed by atoms with Crippen LogP contribution in [0.15, 0.2) is 0 Å². The number of likely N-dealkylation sites (N-methyl/N-ethyl adjacent to an activating group) is 1. The lowest BCUT2D eigenvalue weighted by Gasteiger charge is -2.35. The second-order valence-corrected chi connectivity index (χ2v) is 12.9. The van der Waals surface area contributed by atoms with Gasteiger partial charge in [0, 0.05) is 20.1 Å². The van der Waals surface area contributed by atoms with Crippen LogP contribution in [0.1, 0.15) is 175 Å². The van der Waals surface area contributed by atoms with E-state index < -0.39 is 6.23 Å². The van der Waals surface area contributed by atoms with Gasteiger partial charge in [-0.05, 0) is 12.8 Å². The monoisotopic (exact) mass is 635 g/mol. The Bertz CT molecular complexity index is 476. The van der Waals surface area contributed by atoms with Crippen molar-refractivity contribution in [3.8, 4) is 0 Å². The first-order valence-electron chi connectivity index (χ1n) is 17.6. The number of aliphatic hydroxyl groups excluding tert-OH is 1. The van der Waals surface area contributed by atoms with E-state index in [1.165, 1.54) is 141 Å². The normalized spacial score (nSPS) is 13.3. The molecule has 0 aliphatic heterocycles. The minimum atomic E-state index is -0.404. The molecule has 0 radical (unpaired) electrons. The van der Waals surface area contributed by atoms with Gasteiger partial charge < -0.3 is 36.0 Å². The van der Waals surface area contributed by atoms with Crippen LogP contribution in [0.25, 0.3) is 0 Å². The Morgan fingerprint density at radius 1 is 0.525 bits per heavy atom. The number of rotatable bonds is 32. The molecule has 5 heteroatoms. The second kappa shape index (κ2) is 32.2. The van der Waals surface area contributed by atoms with Crippen molar-refractivity contribution < 1.29 is 36.0 Å². The molecule has 0 bridgehead atoms. The van der Waals surface area contributed by atoms with E-state index in [4.69, 9.17) is 9.47 Å². The van der Waals surface area contributed by atoms with Crippen LogP contribution >= 0.6 is 0 Å². The molecule has 0 aliphatic rings. The molecule has 2 atom stereocenters. The molecule has 4 nitrogen and oxygen atoms in total. The molecule has 244 valence electrons. The van der Waals surface area contributed by atoms with Crippen molar-refractivity contribution in [2.75, 3.05) is 40.5 Å². The van der Waals surface area contributed by atoms with Crippen molar-refractivity contribution >= 4 is 0 Å². The molecule has 0 aliphatic carbocycles. The lowest BCUT2D eigenvalue weighted by Crippen LogP contribution is -3.00. The SMILES string of the molecule is CCCCCCCCCCCCCCOCC(C[N+](C)(C)C(C)O)OCCCCCCCCCCCCCC.[Br-]. The molecule has 0 aromatic rings. The number of hydrogen-bond donors (Lipinski definition) is 1. The van der Waals surface area contributed by atoms with Crippen LogP contribution in [0.3, 0.4) is 0 Å². The van der Waals surface area contributed by atoms with Gasteiger partial charge in [-0.3, -0.25) is 0 Å². The van der Waals surface area contributed by atoms with Crippen LogP contribution in [0.4, 0.5) is 0 Å². The van der Waals surface area contributed by atoms with Crippen LogP contribution in [-0.4, -0.2) is 62.4 Å². The van der Waals surface area contributed by atoms with Gasteiger partial charge in [-0.15, -0.1) is 0 Å². The van der Waals surface area contributed by atoms with Crippen molar-refractivity contribution in [3.63, 3.8) is 0 Å². The van der Waals surface area contributed by atoms with E-state index in [1.807, 2.05) is 6.92 Å². The van der Waals surface area contributed by atoms with E-state index in [0.29, 0.717) is 11.1 Å². The van der Waals surface area contributed by atoms with Gasteiger partial charge in [0.15, 0.2) is 6.23 Å². The smallest absolute Gasteiger partial charge is 0.187 e. The summed E-state index contributed by atoms with van der Waals surface area (Å²) >= 11 is 0. The maximum absolute atomic E-state index is 10.2. The quantitative estimate of drug-likeness (QED) is 0.0482. The number of ether oxygens (including phenoxy) is 2. The summed E-state index contributed by atoms with van der Waals surface area (Å²) < 4.78 is 12.9. The molecule has 2 unspecified atom stereocenters. The van der Waals surface area contributed by atoms with Crippen LogP contribution in [0.2, 0.25) is 0 Å². The van der Waals surface area contributed by atoms with Crippen molar-refractivity contribution in [2.45, 2.75) is 187 Å². The fourth-order valence-corrected chi connectivity index (χ4v) is 5.28. The molecule has 0 rings (SSSR count). The predicted molar refractivity (Wildman–Crippen MR) is 171 cm³/mol. The average Bonchev–Trinajstić information content (AvgIpc) is 2.91. The third-order valence-corrected chi connectivity index (χ3v) is 8.48. The topological polar surface area (TPSA) is 38.7 Å². The van der Waals surface area contributed by atoms with E-state index in [-0.39, 0.29) is 23.1 Å². The molecule has 0 fully saturated rings. The highest BCUT2D eigenvalue weighted by molar-refractivity contribution is 4.58. The Hall–Kier alpha value is 0.320. The van der Waals surface area contributed by atoms with Gasteiger partial charge in [0.1, 0.15) is 12.6 Å². The van der Waals surface area contributed by atoms with Crippen LogP contribution in [0, 0.1) is 0 Å². The van der Waals surface area contributed by atoms with E-state index in [9.17, 15) is 5.11 Å². The molecular formula is C35H74BrNO3. The fourth-order valence-electron chi connectivity index (χ4n) is 5.28. The largest absolute Gasteiger partial charge is 1.00 e. The van der Waals surface area contributed by atoms with E-state index in [0.717, 1.165) is 32.6 Å². The molecule has 0 spiro atoms. The van der Waals surface area contributed by atoms with Gasteiger partial charge in [-0.1, -0.05) is 155 Å². The Balaban J connectivity index is 0. The summed E-state index contributed by atoms with van der Waals surface area (Å²) in [6, 6.07) is 0. The van der Waals surface area contributed by atoms with Crippen molar-refractivity contribution in [2.24, 2.45) is 0 Å². The van der Waals surface area contributed by atoms with Gasteiger partial charge in [-0.25, -0.2) is 0 Å². The predicted octanol–water partition coefficient (Wildman–Crippen LogP) is 7.21. The summed E-state index contributed by atoms with van der Waals surface area (Å²) in [4.78, 5) is 0. The number of quaternary nitrogens is 1. The van der Waals surface area contributed by atoms with Gasteiger partial charge in [0.2, 0.25) is 0 Å². The highest BCUT2D eigenvalue weighted by atomic mass is 79.9. The lowest BCUT2D eigenvalue weighted by atomic mass is 10.1. The Morgan fingerprint density at radius 2 is 0.850 bits per heavy atom. The molecule has 0 aromatic heterocycles. The molecule has 0 saturated carbocycles. The highest BCUT2D eigenvalue weighted by Gasteiger charge is 2.27. The number of nitrogens with zero attached hydrogens (tertiary/aromatic N) is 1. The molecule has 0 saturated heterocycles. The van der Waals surface area contributed by atoms with Gasteiger partial charge in [0.05, 0.1) is 20.7 Å². The van der Waals surface area contributed by atoms with Crippen molar-refractivity contribution in [3.05, 3.63) is 0 Å². The van der Waals surface area contributed by atoms with E-state index in [2.05, 4.69) is 27.9 Å². The summed E-state index contributed by atoms with van der Waals surface area (Å²) in [5, 5.41) is 10.2. The second-order valence-electron chi connectivity index (χ2n) is 12.9. The first kappa shape index (κ1) is 42.5. The van der Waals surface area contributed by atoms with Gasteiger partial charge in [0.25, 0.3) is 0 Å². The number of hydrogen-bond acceptors (Lipinski definition) is 3. The highest BCUT2D eigenvalue weighted by Crippen LogP contribution is 2.14. The van der Waals surface area contributed by atoms with Crippen LogP contribution in [0.5, 0.6) is 0 Å². The standard InChI is InChI=1S/C35H74NO3.BrH/c1-6-8-10-12-14-16-18-20-22-24-26-28-30-38-33-35(32-36(4,5)34(3)37)39-31-29-27-25-23-21-19-17-15-13-11-9-7-2;/h34-35,37H,6-33H2,1-5H3;1H/q+1;/p-1. The first-order chi connectivity index (χ1) is 18.9. The molecular weight excluding hydrogens is 562 g/mol.